The lowest BCUT2D eigenvalue weighted by molar-refractivity contribution is 0.0945. The number of hydrogen-bond acceptors (Lipinski definition) is 3. The largest absolute Gasteiger partial charge is 0.494 e. The normalized spacial score (nSPS) is 11.0. The summed E-state index contributed by atoms with van der Waals surface area (Å²) < 4.78 is 21.9. The Hall–Kier alpha value is -3.38. The number of imidazole rings is 1. The fourth-order valence-electron chi connectivity index (χ4n) is 3.81. The average molecular weight is 466 g/mol. The van der Waals surface area contributed by atoms with Crippen LogP contribution in [0.5, 0.6) is 5.75 Å². The maximum Gasteiger partial charge on any atom is 0.254 e. The van der Waals surface area contributed by atoms with Gasteiger partial charge >= 0.3 is 0 Å². The van der Waals surface area contributed by atoms with Crippen LogP contribution in [0, 0.1) is 19.7 Å². The molecule has 4 aromatic rings. The lowest BCUT2D eigenvalue weighted by Gasteiger charge is -2.12. The summed E-state index contributed by atoms with van der Waals surface area (Å²) in [6, 6.07) is 17.6. The SMILES string of the molecule is Cc1cc(OCCCn2c(CNC(=O)c3ccccc3F)nc3ccccc32)cc(C)c1Cl. The Bertz CT molecular complexity index is 1280. The highest BCUT2D eigenvalue weighted by molar-refractivity contribution is 6.32. The zero-order valence-corrected chi connectivity index (χ0v) is 19.3. The van der Waals surface area contributed by atoms with Crippen molar-refractivity contribution < 1.29 is 13.9 Å². The van der Waals surface area contributed by atoms with Crippen molar-refractivity contribution in [2.75, 3.05) is 6.61 Å². The van der Waals surface area contributed by atoms with E-state index in [1.807, 2.05) is 50.2 Å². The molecule has 0 aliphatic rings. The monoisotopic (exact) mass is 465 g/mol. The number of ether oxygens (including phenoxy) is 1. The van der Waals surface area contributed by atoms with Crippen molar-refractivity contribution in [1.29, 1.82) is 0 Å². The standard InChI is InChI=1S/C26H25ClFN3O2/c1-17-14-19(15-18(2)25(17)27)33-13-7-12-31-23-11-6-5-10-22(23)30-24(31)16-29-26(32)20-8-3-4-9-21(20)28/h3-6,8-11,14-15H,7,12-13,16H2,1-2H3,(H,29,32). The van der Waals surface area contributed by atoms with Crippen LogP contribution in [-0.4, -0.2) is 22.1 Å². The van der Waals surface area contributed by atoms with Gasteiger partial charge < -0.3 is 14.6 Å². The Labute approximate surface area is 197 Å². The van der Waals surface area contributed by atoms with Crippen molar-refractivity contribution in [3.05, 3.63) is 94.0 Å². The van der Waals surface area contributed by atoms with Crippen LogP contribution in [0.2, 0.25) is 5.02 Å². The van der Waals surface area contributed by atoms with E-state index < -0.39 is 11.7 Å². The van der Waals surface area contributed by atoms with Crippen molar-refractivity contribution >= 4 is 28.5 Å². The van der Waals surface area contributed by atoms with Crippen molar-refractivity contribution in [2.45, 2.75) is 33.4 Å². The summed E-state index contributed by atoms with van der Waals surface area (Å²) in [6.07, 6.45) is 0.745. The van der Waals surface area contributed by atoms with E-state index in [2.05, 4.69) is 14.9 Å². The molecule has 0 saturated heterocycles. The van der Waals surface area contributed by atoms with E-state index in [9.17, 15) is 9.18 Å². The smallest absolute Gasteiger partial charge is 0.254 e. The molecular weight excluding hydrogens is 441 g/mol. The number of fused-ring (bicyclic) bond motifs is 1. The average Bonchev–Trinajstić information content (AvgIpc) is 3.16. The molecule has 33 heavy (non-hydrogen) atoms. The van der Waals surface area contributed by atoms with Gasteiger partial charge in [-0.2, -0.15) is 0 Å². The zero-order chi connectivity index (χ0) is 23.4. The molecule has 170 valence electrons. The van der Waals surface area contributed by atoms with Gasteiger partial charge in [-0.3, -0.25) is 4.79 Å². The second-order valence-electron chi connectivity index (χ2n) is 7.90. The van der Waals surface area contributed by atoms with Crippen LogP contribution in [0.4, 0.5) is 4.39 Å². The van der Waals surface area contributed by atoms with Gasteiger partial charge in [0.25, 0.3) is 5.91 Å². The number of hydrogen-bond donors (Lipinski definition) is 1. The summed E-state index contributed by atoms with van der Waals surface area (Å²) >= 11 is 6.23. The lowest BCUT2D eigenvalue weighted by Crippen LogP contribution is -2.25. The minimum absolute atomic E-state index is 0.0158. The highest BCUT2D eigenvalue weighted by Crippen LogP contribution is 2.26. The van der Waals surface area contributed by atoms with E-state index in [-0.39, 0.29) is 12.1 Å². The highest BCUT2D eigenvalue weighted by atomic mass is 35.5. The number of halogens is 2. The Morgan fingerprint density at radius 3 is 2.55 bits per heavy atom. The Balaban J connectivity index is 1.44. The number of rotatable bonds is 8. The molecule has 0 atom stereocenters. The van der Waals surface area contributed by atoms with E-state index in [1.54, 1.807) is 12.1 Å². The van der Waals surface area contributed by atoms with E-state index in [0.29, 0.717) is 19.0 Å². The third-order valence-electron chi connectivity index (χ3n) is 5.46. The first kappa shape index (κ1) is 22.8. The molecule has 1 amide bonds. The fourth-order valence-corrected chi connectivity index (χ4v) is 3.92. The van der Waals surface area contributed by atoms with Gasteiger partial charge in [0.1, 0.15) is 17.4 Å². The van der Waals surface area contributed by atoms with Crippen molar-refractivity contribution in [3.8, 4) is 5.75 Å². The molecule has 7 heteroatoms. The summed E-state index contributed by atoms with van der Waals surface area (Å²) in [7, 11) is 0. The van der Waals surface area contributed by atoms with E-state index >= 15 is 0 Å². The van der Waals surface area contributed by atoms with Crippen LogP contribution >= 0.6 is 11.6 Å². The van der Waals surface area contributed by atoms with Gasteiger partial charge in [0, 0.05) is 11.6 Å². The zero-order valence-electron chi connectivity index (χ0n) is 18.6. The van der Waals surface area contributed by atoms with E-state index in [0.717, 1.165) is 39.4 Å². The molecule has 0 bridgehead atoms. The van der Waals surface area contributed by atoms with Gasteiger partial charge in [-0.1, -0.05) is 35.9 Å². The van der Waals surface area contributed by atoms with Gasteiger partial charge in [-0.05, 0) is 67.8 Å². The molecule has 3 aromatic carbocycles. The lowest BCUT2D eigenvalue weighted by atomic mass is 10.1. The third-order valence-corrected chi connectivity index (χ3v) is 6.06. The Kier molecular flexibility index (Phi) is 6.94. The first-order valence-corrected chi connectivity index (χ1v) is 11.2. The molecule has 0 aliphatic heterocycles. The molecule has 0 saturated carbocycles. The molecule has 0 aliphatic carbocycles. The summed E-state index contributed by atoms with van der Waals surface area (Å²) in [5.41, 5.74) is 3.81. The fraction of sp³-hybridized carbons (Fsp3) is 0.231. The number of nitrogens with one attached hydrogen (secondary N) is 1. The van der Waals surface area contributed by atoms with Crippen LogP contribution in [0.1, 0.15) is 33.7 Å². The van der Waals surface area contributed by atoms with Crippen LogP contribution < -0.4 is 10.1 Å². The summed E-state index contributed by atoms with van der Waals surface area (Å²) in [4.78, 5) is 17.1. The summed E-state index contributed by atoms with van der Waals surface area (Å²) in [6.45, 7) is 5.30. The van der Waals surface area contributed by atoms with Crippen LogP contribution in [0.3, 0.4) is 0 Å². The van der Waals surface area contributed by atoms with Crippen LogP contribution in [0.25, 0.3) is 11.0 Å². The van der Waals surface area contributed by atoms with Gasteiger partial charge in [-0.15, -0.1) is 0 Å². The molecule has 0 radical (unpaired) electrons. The van der Waals surface area contributed by atoms with Crippen molar-refractivity contribution in [1.82, 2.24) is 14.9 Å². The first-order chi connectivity index (χ1) is 15.9. The van der Waals surface area contributed by atoms with Gasteiger partial charge in [-0.25, -0.2) is 9.37 Å². The molecule has 1 heterocycles. The second-order valence-corrected chi connectivity index (χ2v) is 8.28. The number of amides is 1. The quantitative estimate of drug-likeness (QED) is 0.332. The number of benzene rings is 3. The van der Waals surface area contributed by atoms with Gasteiger partial charge in [0.05, 0.1) is 29.7 Å². The van der Waals surface area contributed by atoms with E-state index in [1.165, 1.54) is 12.1 Å². The molecule has 0 spiro atoms. The first-order valence-electron chi connectivity index (χ1n) is 10.8. The minimum Gasteiger partial charge on any atom is -0.494 e. The highest BCUT2D eigenvalue weighted by Gasteiger charge is 2.14. The van der Waals surface area contributed by atoms with Crippen molar-refractivity contribution in [3.63, 3.8) is 0 Å². The Morgan fingerprint density at radius 1 is 1.09 bits per heavy atom. The number of aryl methyl sites for hydroxylation is 3. The molecule has 5 nitrogen and oxygen atoms in total. The van der Waals surface area contributed by atoms with Gasteiger partial charge in [0.2, 0.25) is 0 Å². The predicted octanol–water partition coefficient (Wildman–Crippen LogP) is 5.84. The minimum atomic E-state index is -0.548. The number of carbonyl (C=O) groups excluding carboxylic acids is 1. The second kappa shape index (κ2) is 10.0. The number of nitrogens with zero attached hydrogens (tertiary/aromatic N) is 2. The molecule has 0 unspecified atom stereocenters. The summed E-state index contributed by atoms with van der Waals surface area (Å²) in [5, 5.41) is 3.54. The number of para-hydroxylation sites is 2. The Morgan fingerprint density at radius 2 is 1.79 bits per heavy atom. The molecule has 1 N–H and O–H groups in total. The van der Waals surface area contributed by atoms with Crippen molar-refractivity contribution in [2.24, 2.45) is 0 Å². The number of aromatic nitrogens is 2. The van der Waals surface area contributed by atoms with Gasteiger partial charge in [0.15, 0.2) is 0 Å². The van der Waals surface area contributed by atoms with Crippen LogP contribution in [-0.2, 0) is 13.1 Å². The molecule has 0 fully saturated rings. The third kappa shape index (κ3) is 5.17. The van der Waals surface area contributed by atoms with E-state index in [4.69, 9.17) is 16.3 Å². The predicted molar refractivity (Wildman–Crippen MR) is 128 cm³/mol. The molecule has 1 aromatic heterocycles. The maximum absolute atomic E-state index is 13.9. The number of carbonyl (C=O) groups is 1. The molecular formula is C26H25ClFN3O2. The topological polar surface area (TPSA) is 56.1 Å². The molecule has 4 rings (SSSR count). The maximum atomic E-state index is 13.9. The van der Waals surface area contributed by atoms with Crippen LogP contribution in [0.15, 0.2) is 60.7 Å². The summed E-state index contributed by atoms with van der Waals surface area (Å²) in [5.74, 6) is 0.484.